The lowest BCUT2D eigenvalue weighted by molar-refractivity contribution is 0.462. The van der Waals surface area contributed by atoms with E-state index < -0.39 is 0 Å². The number of benzene rings is 3. The van der Waals surface area contributed by atoms with Crippen LogP contribution in [0.2, 0.25) is 0 Å². The van der Waals surface area contributed by atoms with Crippen molar-refractivity contribution in [2.45, 2.75) is 0 Å². The van der Waals surface area contributed by atoms with Gasteiger partial charge in [0.1, 0.15) is 28.9 Å². The molecule has 0 heterocycles. The van der Waals surface area contributed by atoms with E-state index in [1.165, 1.54) is 0 Å². The second-order valence-electron chi connectivity index (χ2n) is 5.79. The highest BCUT2D eigenvalue weighted by molar-refractivity contribution is 5.95. The van der Waals surface area contributed by atoms with Crippen LogP contribution in [0.15, 0.2) is 66.7 Å². The zero-order valence-corrected chi connectivity index (χ0v) is 14.4. The highest BCUT2D eigenvalue weighted by atomic mass is 16.5. The summed E-state index contributed by atoms with van der Waals surface area (Å²) in [4.78, 5) is 0. The lowest BCUT2D eigenvalue weighted by Crippen LogP contribution is -2.10. The molecule has 0 aliphatic rings. The minimum atomic E-state index is -0.0455. The van der Waals surface area contributed by atoms with Crippen LogP contribution in [0.1, 0.15) is 11.1 Å². The lowest BCUT2D eigenvalue weighted by Gasteiger charge is -2.12. The molecular formula is C20H19N5O2. The van der Waals surface area contributed by atoms with Gasteiger partial charge in [-0.25, -0.2) is 0 Å². The molecule has 3 aromatic rings. The predicted molar refractivity (Wildman–Crippen MR) is 106 cm³/mol. The Labute approximate surface area is 156 Å². The maximum Gasteiger partial charge on any atom is 0.154 e. The monoisotopic (exact) mass is 361 g/mol. The molecule has 0 fully saturated rings. The molecule has 27 heavy (non-hydrogen) atoms. The summed E-state index contributed by atoms with van der Waals surface area (Å²) >= 11 is 0. The first-order chi connectivity index (χ1) is 12.9. The average molecular weight is 361 g/mol. The Bertz CT molecular complexity index is 1020. The van der Waals surface area contributed by atoms with Crippen LogP contribution in [-0.2, 0) is 0 Å². The number of rotatable bonds is 6. The minimum Gasteiger partial charge on any atom is -0.457 e. The Hall–Kier alpha value is -4.00. The zero-order valence-electron chi connectivity index (χ0n) is 14.4. The van der Waals surface area contributed by atoms with E-state index in [2.05, 4.69) is 0 Å². The normalized spacial score (nSPS) is 10.2. The third-order valence-electron chi connectivity index (χ3n) is 3.74. The van der Waals surface area contributed by atoms with Crippen molar-refractivity contribution in [3.63, 3.8) is 0 Å². The zero-order chi connectivity index (χ0) is 19.4. The number of anilines is 1. The molecule has 0 radical (unpaired) electrons. The van der Waals surface area contributed by atoms with Gasteiger partial charge in [0.2, 0.25) is 0 Å². The first kappa shape index (κ1) is 17.8. The molecule has 0 bridgehead atoms. The number of nitrogens with one attached hydrogen (secondary N) is 2. The van der Waals surface area contributed by atoms with E-state index in [1.807, 2.05) is 0 Å². The summed E-state index contributed by atoms with van der Waals surface area (Å²) in [6.45, 7) is 0. The standard InChI is InChI=1S/C20H19N5O2/c21-17-8-7-16(26-14-5-1-3-12(9-14)19(22)23)11-18(17)27-15-6-2-4-13(10-15)20(24)25/h1-11H,21H2,(H3,22,23)(H3,24,25). The van der Waals surface area contributed by atoms with Crippen molar-refractivity contribution < 1.29 is 9.47 Å². The first-order valence-electron chi connectivity index (χ1n) is 8.06. The summed E-state index contributed by atoms with van der Waals surface area (Å²) in [5, 5.41) is 15.0. The Morgan fingerprint density at radius 3 is 1.74 bits per heavy atom. The van der Waals surface area contributed by atoms with Gasteiger partial charge in [0, 0.05) is 17.2 Å². The molecule has 3 aromatic carbocycles. The molecule has 136 valence electrons. The second kappa shape index (κ2) is 7.49. The van der Waals surface area contributed by atoms with Gasteiger partial charge in [-0.05, 0) is 36.4 Å². The van der Waals surface area contributed by atoms with Crippen molar-refractivity contribution in [3.8, 4) is 23.0 Å². The van der Waals surface area contributed by atoms with Crippen LogP contribution in [0.25, 0.3) is 0 Å². The maximum absolute atomic E-state index is 7.51. The summed E-state index contributed by atoms with van der Waals surface area (Å²) in [6.07, 6.45) is 0. The second-order valence-corrected chi connectivity index (χ2v) is 5.79. The molecule has 0 saturated heterocycles. The SMILES string of the molecule is N=C(N)c1cccc(Oc2ccc(N)c(Oc3cccc(C(=N)N)c3)c2)c1. The molecule has 0 unspecified atom stereocenters. The van der Waals surface area contributed by atoms with E-state index in [4.69, 9.17) is 37.5 Å². The Balaban J connectivity index is 1.84. The maximum atomic E-state index is 7.51. The molecule has 0 aliphatic heterocycles. The van der Waals surface area contributed by atoms with E-state index in [9.17, 15) is 0 Å². The summed E-state index contributed by atoms with van der Waals surface area (Å²) in [6, 6.07) is 18.9. The third-order valence-corrected chi connectivity index (χ3v) is 3.74. The molecule has 8 N–H and O–H groups in total. The van der Waals surface area contributed by atoms with Gasteiger partial charge in [-0.1, -0.05) is 24.3 Å². The van der Waals surface area contributed by atoms with Crippen LogP contribution in [-0.4, -0.2) is 11.7 Å². The van der Waals surface area contributed by atoms with Crippen molar-refractivity contribution in [3.05, 3.63) is 77.9 Å². The van der Waals surface area contributed by atoms with Gasteiger partial charge < -0.3 is 26.7 Å². The Morgan fingerprint density at radius 1 is 0.667 bits per heavy atom. The van der Waals surface area contributed by atoms with Crippen LogP contribution in [0.4, 0.5) is 5.69 Å². The average Bonchev–Trinajstić information content (AvgIpc) is 2.65. The molecule has 7 nitrogen and oxygen atoms in total. The fourth-order valence-corrected chi connectivity index (χ4v) is 2.38. The van der Waals surface area contributed by atoms with Crippen molar-refractivity contribution >= 4 is 17.4 Å². The van der Waals surface area contributed by atoms with Crippen LogP contribution in [0.3, 0.4) is 0 Å². The highest BCUT2D eigenvalue weighted by Gasteiger charge is 2.08. The highest BCUT2D eigenvalue weighted by Crippen LogP contribution is 2.33. The van der Waals surface area contributed by atoms with Gasteiger partial charge in [0.05, 0.1) is 5.69 Å². The molecule has 0 atom stereocenters. The molecule has 7 heteroatoms. The summed E-state index contributed by atoms with van der Waals surface area (Å²) in [5.74, 6) is 1.89. The van der Waals surface area contributed by atoms with E-state index in [1.54, 1.807) is 66.7 Å². The van der Waals surface area contributed by atoms with Crippen LogP contribution in [0, 0.1) is 10.8 Å². The van der Waals surface area contributed by atoms with Crippen molar-refractivity contribution in [2.75, 3.05) is 5.73 Å². The smallest absolute Gasteiger partial charge is 0.154 e. The van der Waals surface area contributed by atoms with Crippen LogP contribution >= 0.6 is 0 Å². The quantitative estimate of drug-likeness (QED) is 0.259. The third kappa shape index (κ3) is 4.35. The van der Waals surface area contributed by atoms with E-state index in [0.29, 0.717) is 39.8 Å². The summed E-state index contributed by atoms with van der Waals surface area (Å²) < 4.78 is 11.7. The Kier molecular flexibility index (Phi) is 4.94. The summed E-state index contributed by atoms with van der Waals surface area (Å²) in [7, 11) is 0. The van der Waals surface area contributed by atoms with Crippen LogP contribution in [0.5, 0.6) is 23.0 Å². The number of nitrogens with two attached hydrogens (primary N) is 3. The largest absolute Gasteiger partial charge is 0.457 e. The van der Waals surface area contributed by atoms with Gasteiger partial charge in [-0.2, -0.15) is 0 Å². The van der Waals surface area contributed by atoms with Gasteiger partial charge >= 0.3 is 0 Å². The van der Waals surface area contributed by atoms with Crippen LogP contribution < -0.4 is 26.7 Å². The van der Waals surface area contributed by atoms with Gasteiger partial charge in [-0.15, -0.1) is 0 Å². The first-order valence-corrected chi connectivity index (χ1v) is 8.06. The molecule has 0 amide bonds. The fourth-order valence-electron chi connectivity index (χ4n) is 2.38. The van der Waals surface area contributed by atoms with Gasteiger partial charge in [-0.3, -0.25) is 10.8 Å². The molecule has 0 saturated carbocycles. The number of nitrogen functional groups attached to an aromatic ring is 3. The summed E-state index contributed by atoms with van der Waals surface area (Å²) in [5.41, 5.74) is 18.6. The molecule has 3 rings (SSSR count). The molecule has 0 aromatic heterocycles. The van der Waals surface area contributed by atoms with Crippen molar-refractivity contribution in [1.82, 2.24) is 0 Å². The van der Waals surface area contributed by atoms with Gasteiger partial charge in [0.15, 0.2) is 5.75 Å². The molecule has 0 spiro atoms. The van der Waals surface area contributed by atoms with Crippen molar-refractivity contribution in [2.24, 2.45) is 11.5 Å². The topological polar surface area (TPSA) is 144 Å². The fraction of sp³-hybridized carbons (Fsp3) is 0. The van der Waals surface area contributed by atoms with Crippen molar-refractivity contribution in [1.29, 1.82) is 10.8 Å². The van der Waals surface area contributed by atoms with E-state index in [-0.39, 0.29) is 11.7 Å². The number of hydrogen-bond acceptors (Lipinski definition) is 5. The van der Waals surface area contributed by atoms with E-state index in [0.717, 1.165) is 0 Å². The van der Waals surface area contributed by atoms with Gasteiger partial charge in [0.25, 0.3) is 0 Å². The number of amidine groups is 2. The number of hydrogen-bond donors (Lipinski definition) is 5. The molecule has 0 aliphatic carbocycles. The lowest BCUT2D eigenvalue weighted by atomic mass is 10.2. The molecular weight excluding hydrogens is 342 g/mol. The number of ether oxygens (including phenoxy) is 2. The Morgan fingerprint density at radius 2 is 1.19 bits per heavy atom. The predicted octanol–water partition coefficient (Wildman–Crippen LogP) is 3.42. The minimum absolute atomic E-state index is 0.0351. The van der Waals surface area contributed by atoms with E-state index >= 15 is 0 Å².